The summed E-state index contributed by atoms with van der Waals surface area (Å²) in [5.74, 6) is 0. The molecule has 1 aromatic rings. The highest BCUT2D eigenvalue weighted by Gasteiger charge is 2.17. The van der Waals surface area contributed by atoms with E-state index >= 15 is 0 Å². The van der Waals surface area contributed by atoms with Crippen molar-refractivity contribution in [2.24, 2.45) is 0 Å². The number of rotatable bonds is 4. The number of ether oxygens (including phenoxy) is 1. The van der Waals surface area contributed by atoms with Crippen molar-refractivity contribution < 1.29 is 4.74 Å². The third-order valence-electron chi connectivity index (χ3n) is 3.82. The van der Waals surface area contributed by atoms with Crippen LogP contribution in [-0.4, -0.2) is 58.8 Å². The fraction of sp³-hybridized carbons (Fsp3) is 0.846. The number of nitrogens with zero attached hydrogens (tertiary/aromatic N) is 4. The van der Waals surface area contributed by atoms with E-state index in [-0.39, 0.29) is 0 Å². The van der Waals surface area contributed by atoms with Crippen LogP contribution >= 0.6 is 0 Å². The highest BCUT2D eigenvalue weighted by Crippen LogP contribution is 2.13. The summed E-state index contributed by atoms with van der Waals surface area (Å²) < 4.78 is 7.56. The lowest BCUT2D eigenvalue weighted by Crippen LogP contribution is -2.27. The van der Waals surface area contributed by atoms with Crippen molar-refractivity contribution in [2.45, 2.75) is 38.5 Å². The first-order chi connectivity index (χ1) is 9.40. The zero-order valence-electron chi connectivity index (χ0n) is 11.4. The molecule has 0 radical (unpaired) electrons. The van der Waals surface area contributed by atoms with Crippen LogP contribution in [0.5, 0.6) is 0 Å². The van der Waals surface area contributed by atoms with Gasteiger partial charge in [-0.05, 0) is 32.4 Å². The maximum Gasteiger partial charge on any atom is 0.0967 e. The maximum absolute atomic E-state index is 5.63. The van der Waals surface area contributed by atoms with Gasteiger partial charge >= 0.3 is 0 Å². The Morgan fingerprint density at radius 2 is 2.32 bits per heavy atom. The molecule has 0 amide bonds. The molecular weight excluding hydrogens is 242 g/mol. The molecule has 6 nitrogen and oxygen atoms in total. The highest BCUT2D eigenvalue weighted by atomic mass is 16.5. The van der Waals surface area contributed by atoms with Gasteiger partial charge in [0.25, 0.3) is 0 Å². The van der Waals surface area contributed by atoms with Crippen molar-refractivity contribution in [3.05, 3.63) is 11.9 Å². The Hall–Kier alpha value is -0.980. The number of hydrogen-bond acceptors (Lipinski definition) is 5. The quantitative estimate of drug-likeness (QED) is 0.846. The first-order valence-electron chi connectivity index (χ1n) is 7.34. The highest BCUT2D eigenvalue weighted by molar-refractivity contribution is 4.93. The van der Waals surface area contributed by atoms with Crippen molar-refractivity contribution in [1.29, 1.82) is 0 Å². The van der Waals surface area contributed by atoms with Crippen LogP contribution in [0.3, 0.4) is 0 Å². The summed E-state index contributed by atoms with van der Waals surface area (Å²) in [5.41, 5.74) is 1.07. The standard InChI is InChI=1S/C13H23N5O/c1-3-13(19-8-1)11-18-10-12(15-16-18)9-17-6-2-4-14-5-7-17/h10,13-14H,1-9,11H2. The summed E-state index contributed by atoms with van der Waals surface area (Å²) in [4.78, 5) is 2.44. The van der Waals surface area contributed by atoms with Crippen LogP contribution in [0.4, 0.5) is 0 Å². The lowest BCUT2D eigenvalue weighted by Gasteiger charge is -2.17. The second-order valence-corrected chi connectivity index (χ2v) is 5.45. The predicted molar refractivity (Wildman–Crippen MR) is 71.8 cm³/mol. The normalized spacial score (nSPS) is 25.6. The Morgan fingerprint density at radius 3 is 3.21 bits per heavy atom. The second kappa shape index (κ2) is 6.45. The van der Waals surface area contributed by atoms with Crippen molar-refractivity contribution in [3.8, 4) is 0 Å². The second-order valence-electron chi connectivity index (χ2n) is 5.45. The van der Waals surface area contributed by atoms with E-state index in [2.05, 4.69) is 26.7 Å². The van der Waals surface area contributed by atoms with E-state index in [0.29, 0.717) is 6.10 Å². The minimum Gasteiger partial charge on any atom is -0.376 e. The molecule has 1 atom stereocenters. The van der Waals surface area contributed by atoms with Gasteiger partial charge in [-0.15, -0.1) is 5.10 Å². The van der Waals surface area contributed by atoms with E-state index in [1.54, 1.807) is 0 Å². The van der Waals surface area contributed by atoms with Gasteiger partial charge in [0.05, 0.1) is 18.3 Å². The van der Waals surface area contributed by atoms with Gasteiger partial charge in [0.2, 0.25) is 0 Å². The molecule has 2 aliphatic heterocycles. The molecule has 0 spiro atoms. The molecule has 0 saturated carbocycles. The lowest BCUT2D eigenvalue weighted by molar-refractivity contribution is 0.0935. The largest absolute Gasteiger partial charge is 0.376 e. The van der Waals surface area contributed by atoms with Crippen molar-refractivity contribution in [2.75, 3.05) is 32.8 Å². The molecule has 1 aromatic heterocycles. The topological polar surface area (TPSA) is 55.2 Å². The SMILES string of the molecule is c1c(CN2CCCNCC2)nnn1CC1CCCO1. The summed E-state index contributed by atoms with van der Waals surface area (Å²) in [5, 5.41) is 11.9. The van der Waals surface area contributed by atoms with Gasteiger partial charge in [0.1, 0.15) is 0 Å². The summed E-state index contributed by atoms with van der Waals surface area (Å²) in [6.45, 7) is 7.09. The fourth-order valence-electron chi connectivity index (χ4n) is 2.79. The molecule has 3 heterocycles. The molecular formula is C13H23N5O. The van der Waals surface area contributed by atoms with Crippen LogP contribution in [-0.2, 0) is 17.8 Å². The lowest BCUT2D eigenvalue weighted by atomic mass is 10.2. The minimum atomic E-state index is 0.330. The van der Waals surface area contributed by atoms with Crippen LogP contribution in [0.1, 0.15) is 25.0 Å². The van der Waals surface area contributed by atoms with E-state index in [1.165, 1.54) is 12.8 Å². The van der Waals surface area contributed by atoms with Crippen molar-refractivity contribution >= 4 is 0 Å². The molecule has 0 aliphatic carbocycles. The van der Waals surface area contributed by atoms with Crippen molar-refractivity contribution in [3.63, 3.8) is 0 Å². The third kappa shape index (κ3) is 3.75. The zero-order valence-corrected chi connectivity index (χ0v) is 11.4. The van der Waals surface area contributed by atoms with E-state index < -0.39 is 0 Å². The molecule has 2 aliphatic rings. The summed E-state index contributed by atoms with van der Waals surface area (Å²) >= 11 is 0. The molecule has 19 heavy (non-hydrogen) atoms. The third-order valence-corrected chi connectivity index (χ3v) is 3.82. The maximum atomic E-state index is 5.63. The Kier molecular flexibility index (Phi) is 4.42. The minimum absolute atomic E-state index is 0.330. The van der Waals surface area contributed by atoms with E-state index in [0.717, 1.165) is 58.0 Å². The monoisotopic (exact) mass is 265 g/mol. The Morgan fingerprint density at radius 1 is 1.32 bits per heavy atom. The average Bonchev–Trinajstić information content (AvgIpc) is 2.99. The van der Waals surface area contributed by atoms with Crippen LogP contribution in [0.2, 0.25) is 0 Å². The summed E-state index contributed by atoms with van der Waals surface area (Å²) in [6.07, 6.45) is 5.93. The number of hydrogen-bond donors (Lipinski definition) is 1. The van der Waals surface area contributed by atoms with Gasteiger partial charge < -0.3 is 10.1 Å². The summed E-state index contributed by atoms with van der Waals surface area (Å²) in [6, 6.07) is 0. The van der Waals surface area contributed by atoms with Crippen LogP contribution in [0.25, 0.3) is 0 Å². The molecule has 1 N–H and O–H groups in total. The number of aromatic nitrogens is 3. The van der Waals surface area contributed by atoms with Gasteiger partial charge in [0.15, 0.2) is 0 Å². The predicted octanol–water partition coefficient (Wildman–Crippen LogP) is 0.252. The van der Waals surface area contributed by atoms with Gasteiger partial charge in [-0.25, -0.2) is 4.68 Å². The number of nitrogens with one attached hydrogen (secondary N) is 1. The average molecular weight is 265 g/mol. The Balaban J connectivity index is 1.51. The fourth-order valence-corrected chi connectivity index (χ4v) is 2.79. The van der Waals surface area contributed by atoms with Gasteiger partial charge in [0, 0.05) is 32.4 Å². The van der Waals surface area contributed by atoms with Gasteiger partial charge in [-0.1, -0.05) is 5.21 Å². The molecule has 0 bridgehead atoms. The summed E-state index contributed by atoms with van der Waals surface area (Å²) in [7, 11) is 0. The van der Waals surface area contributed by atoms with Gasteiger partial charge in [-0.3, -0.25) is 4.90 Å². The molecule has 3 rings (SSSR count). The van der Waals surface area contributed by atoms with E-state index in [9.17, 15) is 0 Å². The first kappa shape index (κ1) is 13.0. The smallest absolute Gasteiger partial charge is 0.0967 e. The zero-order chi connectivity index (χ0) is 12.9. The van der Waals surface area contributed by atoms with Crippen LogP contribution < -0.4 is 5.32 Å². The molecule has 1 unspecified atom stereocenters. The van der Waals surface area contributed by atoms with E-state index in [4.69, 9.17) is 4.74 Å². The van der Waals surface area contributed by atoms with Crippen LogP contribution in [0.15, 0.2) is 6.20 Å². The first-order valence-corrected chi connectivity index (χ1v) is 7.34. The molecule has 0 aromatic carbocycles. The van der Waals surface area contributed by atoms with E-state index in [1.807, 2.05) is 4.68 Å². The van der Waals surface area contributed by atoms with Crippen LogP contribution in [0, 0.1) is 0 Å². The molecule has 106 valence electrons. The van der Waals surface area contributed by atoms with Crippen molar-refractivity contribution in [1.82, 2.24) is 25.2 Å². The Labute approximate surface area is 114 Å². The molecule has 6 heteroatoms. The van der Waals surface area contributed by atoms with Gasteiger partial charge in [-0.2, -0.15) is 0 Å². The molecule has 2 saturated heterocycles. The Bertz CT molecular complexity index is 380. The molecule has 2 fully saturated rings.